The lowest BCUT2D eigenvalue weighted by Crippen LogP contribution is -2.24. The molecule has 0 radical (unpaired) electrons. The molecular weight excluding hydrogens is 208 g/mol. The summed E-state index contributed by atoms with van der Waals surface area (Å²) in [5.41, 5.74) is 7.80. The summed E-state index contributed by atoms with van der Waals surface area (Å²) < 4.78 is 25.5. The van der Waals surface area contributed by atoms with Crippen molar-refractivity contribution in [2.24, 2.45) is 5.73 Å². The largest absolute Gasteiger partial charge is 0.325 e. The van der Waals surface area contributed by atoms with Crippen LogP contribution in [0.25, 0.3) is 0 Å². The van der Waals surface area contributed by atoms with Crippen LogP contribution in [0.5, 0.6) is 0 Å². The molecule has 0 aliphatic heterocycles. The average molecular weight is 225 g/mol. The maximum atomic E-state index is 12.8. The van der Waals surface area contributed by atoms with Crippen LogP contribution in [0.3, 0.4) is 0 Å². The fourth-order valence-corrected chi connectivity index (χ4v) is 1.88. The van der Waals surface area contributed by atoms with Crippen LogP contribution >= 0.6 is 0 Å². The Bertz CT molecular complexity index is 334. The molecule has 1 aromatic carbocycles. The SMILES string of the molecule is CC(F)(F)Cc1ccc(CC2(N)CC2)cc1. The van der Waals surface area contributed by atoms with Crippen LogP contribution in [0.4, 0.5) is 8.78 Å². The van der Waals surface area contributed by atoms with Gasteiger partial charge < -0.3 is 5.73 Å². The van der Waals surface area contributed by atoms with Gasteiger partial charge in [-0.2, -0.15) is 0 Å². The Kier molecular flexibility index (Phi) is 2.74. The lowest BCUT2D eigenvalue weighted by molar-refractivity contribution is 0.0226. The zero-order valence-electron chi connectivity index (χ0n) is 9.47. The maximum absolute atomic E-state index is 12.8. The van der Waals surface area contributed by atoms with Crippen molar-refractivity contribution in [2.45, 2.75) is 44.1 Å². The highest BCUT2D eigenvalue weighted by Gasteiger charge is 2.37. The number of benzene rings is 1. The maximum Gasteiger partial charge on any atom is 0.249 e. The lowest BCUT2D eigenvalue weighted by atomic mass is 10.0. The molecule has 2 N–H and O–H groups in total. The molecule has 0 spiro atoms. The third-order valence-corrected chi connectivity index (χ3v) is 2.99. The van der Waals surface area contributed by atoms with Crippen molar-refractivity contribution in [1.29, 1.82) is 0 Å². The van der Waals surface area contributed by atoms with Crippen molar-refractivity contribution in [3.63, 3.8) is 0 Å². The van der Waals surface area contributed by atoms with E-state index in [1.54, 1.807) is 12.1 Å². The van der Waals surface area contributed by atoms with Gasteiger partial charge in [0.1, 0.15) is 0 Å². The van der Waals surface area contributed by atoms with Crippen LogP contribution in [0.15, 0.2) is 24.3 Å². The van der Waals surface area contributed by atoms with Gasteiger partial charge in [0.05, 0.1) is 0 Å². The summed E-state index contributed by atoms with van der Waals surface area (Å²) >= 11 is 0. The van der Waals surface area contributed by atoms with Gasteiger partial charge in [0.15, 0.2) is 0 Å². The van der Waals surface area contributed by atoms with Gasteiger partial charge in [-0.25, -0.2) is 8.78 Å². The number of alkyl halides is 2. The predicted octanol–water partition coefficient (Wildman–Crippen LogP) is 2.92. The number of nitrogens with two attached hydrogens (primary N) is 1. The molecule has 0 unspecified atom stereocenters. The Balaban J connectivity index is 1.99. The third kappa shape index (κ3) is 3.27. The fraction of sp³-hybridized carbons (Fsp3) is 0.538. The van der Waals surface area contributed by atoms with Gasteiger partial charge in [0.2, 0.25) is 5.92 Å². The first kappa shape index (κ1) is 11.5. The minimum atomic E-state index is -2.63. The van der Waals surface area contributed by atoms with Gasteiger partial charge in [0.25, 0.3) is 0 Å². The summed E-state index contributed by atoms with van der Waals surface area (Å²) in [5, 5.41) is 0. The molecular formula is C13H17F2N. The highest BCUT2D eigenvalue weighted by atomic mass is 19.3. The Morgan fingerprint density at radius 2 is 1.69 bits per heavy atom. The summed E-state index contributed by atoms with van der Waals surface area (Å²) in [6, 6.07) is 7.37. The number of rotatable bonds is 4. The molecule has 0 bridgehead atoms. The molecule has 0 amide bonds. The van der Waals surface area contributed by atoms with Crippen LogP contribution in [0.1, 0.15) is 30.9 Å². The molecule has 0 saturated heterocycles. The van der Waals surface area contributed by atoms with E-state index in [1.807, 2.05) is 12.1 Å². The van der Waals surface area contributed by atoms with Crippen molar-refractivity contribution in [3.05, 3.63) is 35.4 Å². The Hall–Kier alpha value is -0.960. The van der Waals surface area contributed by atoms with E-state index >= 15 is 0 Å². The van der Waals surface area contributed by atoms with Crippen LogP contribution in [-0.2, 0) is 12.8 Å². The molecule has 16 heavy (non-hydrogen) atoms. The molecule has 3 heteroatoms. The van der Waals surface area contributed by atoms with Gasteiger partial charge in [-0.15, -0.1) is 0 Å². The molecule has 1 saturated carbocycles. The highest BCUT2D eigenvalue weighted by Crippen LogP contribution is 2.35. The van der Waals surface area contributed by atoms with Crippen LogP contribution in [0.2, 0.25) is 0 Å². The molecule has 88 valence electrons. The molecule has 1 fully saturated rings. The zero-order valence-corrected chi connectivity index (χ0v) is 9.47. The van der Waals surface area contributed by atoms with E-state index in [0.29, 0.717) is 5.56 Å². The standard InChI is InChI=1S/C13H17F2N/c1-12(14,15)8-10-2-4-11(5-3-10)9-13(16)6-7-13/h2-5H,6-9,16H2,1H3. The Labute approximate surface area is 94.7 Å². The molecule has 1 aliphatic rings. The number of hydrogen-bond donors (Lipinski definition) is 1. The van der Waals surface area contributed by atoms with Crippen LogP contribution < -0.4 is 5.73 Å². The summed E-state index contributed by atoms with van der Waals surface area (Å²) in [7, 11) is 0. The van der Waals surface area contributed by atoms with E-state index in [1.165, 1.54) is 0 Å². The first-order valence-electron chi connectivity index (χ1n) is 5.61. The number of halogens is 2. The summed E-state index contributed by atoms with van der Waals surface area (Å²) in [4.78, 5) is 0. The second kappa shape index (κ2) is 3.81. The first-order chi connectivity index (χ1) is 7.36. The van der Waals surface area contributed by atoms with Crippen molar-refractivity contribution < 1.29 is 8.78 Å². The van der Waals surface area contributed by atoms with E-state index in [2.05, 4.69) is 0 Å². The third-order valence-electron chi connectivity index (χ3n) is 2.99. The Morgan fingerprint density at radius 3 is 2.12 bits per heavy atom. The van der Waals surface area contributed by atoms with Gasteiger partial charge in [-0.05, 0) is 37.3 Å². The smallest absolute Gasteiger partial charge is 0.249 e. The zero-order chi connectivity index (χ0) is 11.8. The van der Waals surface area contributed by atoms with Crippen LogP contribution in [-0.4, -0.2) is 11.5 Å². The van der Waals surface area contributed by atoms with Crippen molar-refractivity contribution in [2.75, 3.05) is 0 Å². The summed E-state index contributed by atoms with van der Waals surface area (Å²) in [6.07, 6.45) is 2.81. The van der Waals surface area contributed by atoms with Gasteiger partial charge in [0, 0.05) is 12.0 Å². The monoisotopic (exact) mass is 225 g/mol. The number of hydrogen-bond acceptors (Lipinski definition) is 1. The quantitative estimate of drug-likeness (QED) is 0.837. The molecule has 0 heterocycles. The lowest BCUT2D eigenvalue weighted by Gasteiger charge is -2.12. The molecule has 2 rings (SSSR count). The highest BCUT2D eigenvalue weighted by molar-refractivity contribution is 5.26. The summed E-state index contributed by atoms with van der Waals surface area (Å²) in [6.45, 7) is 0.944. The van der Waals surface area contributed by atoms with Gasteiger partial charge in [-0.1, -0.05) is 24.3 Å². The van der Waals surface area contributed by atoms with E-state index < -0.39 is 5.92 Å². The van der Waals surface area contributed by atoms with E-state index in [-0.39, 0.29) is 12.0 Å². The van der Waals surface area contributed by atoms with Crippen molar-refractivity contribution >= 4 is 0 Å². The molecule has 1 aromatic rings. The van der Waals surface area contributed by atoms with Gasteiger partial charge in [-0.3, -0.25) is 0 Å². The second-order valence-corrected chi connectivity index (χ2v) is 5.10. The molecule has 1 nitrogen and oxygen atoms in total. The Morgan fingerprint density at radius 1 is 1.19 bits per heavy atom. The molecule has 0 aromatic heterocycles. The minimum absolute atomic E-state index is 0.0176. The fourth-order valence-electron chi connectivity index (χ4n) is 1.88. The minimum Gasteiger partial charge on any atom is -0.325 e. The average Bonchev–Trinajstić information content (AvgIpc) is 2.85. The van der Waals surface area contributed by atoms with Crippen LogP contribution in [0, 0.1) is 0 Å². The van der Waals surface area contributed by atoms with E-state index in [9.17, 15) is 8.78 Å². The normalized spacial score (nSPS) is 18.5. The second-order valence-electron chi connectivity index (χ2n) is 5.10. The first-order valence-corrected chi connectivity index (χ1v) is 5.61. The molecule has 0 atom stereocenters. The summed E-state index contributed by atoms with van der Waals surface area (Å²) in [5.74, 6) is -2.63. The van der Waals surface area contributed by atoms with Crippen molar-refractivity contribution in [3.8, 4) is 0 Å². The predicted molar refractivity (Wildman–Crippen MR) is 60.6 cm³/mol. The molecule has 1 aliphatic carbocycles. The van der Waals surface area contributed by atoms with Gasteiger partial charge >= 0.3 is 0 Å². The van der Waals surface area contributed by atoms with E-state index in [0.717, 1.165) is 31.7 Å². The van der Waals surface area contributed by atoms with E-state index in [4.69, 9.17) is 5.73 Å². The topological polar surface area (TPSA) is 26.0 Å². The van der Waals surface area contributed by atoms with Crippen molar-refractivity contribution in [1.82, 2.24) is 0 Å².